The van der Waals surface area contributed by atoms with Gasteiger partial charge in [-0.25, -0.2) is 0 Å². The Labute approximate surface area is 300 Å². The van der Waals surface area contributed by atoms with Crippen molar-refractivity contribution in [3.8, 4) is 0 Å². The fraction of sp³-hybridized carbons (Fsp3) is 0.364. The molecular formula is C44H53Cl2SiTi. The predicted octanol–water partition coefficient (Wildman–Crippen LogP) is 14.1. The minimum absolute atomic E-state index is 0.0288. The molecule has 0 N–H and O–H groups in total. The maximum atomic E-state index is 8.95. The summed E-state index contributed by atoms with van der Waals surface area (Å²) in [5.41, 5.74) is 16.2. The van der Waals surface area contributed by atoms with E-state index in [1.54, 1.807) is 0 Å². The molecule has 0 heterocycles. The number of benzene rings is 4. The minimum atomic E-state index is -4.81. The van der Waals surface area contributed by atoms with Gasteiger partial charge in [-0.3, -0.25) is 0 Å². The van der Waals surface area contributed by atoms with Crippen LogP contribution in [0.25, 0.3) is 23.3 Å². The van der Waals surface area contributed by atoms with Crippen LogP contribution in [-0.2, 0) is 12.4 Å². The van der Waals surface area contributed by atoms with E-state index in [-0.39, 0.29) is 8.45 Å². The third-order valence-corrected chi connectivity index (χ3v) is 46.4. The van der Waals surface area contributed by atoms with Gasteiger partial charge in [0.1, 0.15) is 0 Å². The van der Waals surface area contributed by atoms with Crippen molar-refractivity contribution in [2.75, 3.05) is 0 Å². The van der Waals surface area contributed by atoms with E-state index < -0.39 is 19.1 Å². The molecule has 0 nitrogen and oxygen atoms in total. The van der Waals surface area contributed by atoms with Gasteiger partial charge in [0.05, 0.1) is 0 Å². The Morgan fingerprint density at radius 2 is 0.875 bits per heavy atom. The number of hydrogen-bond acceptors (Lipinski definition) is 0. The summed E-state index contributed by atoms with van der Waals surface area (Å²) in [6, 6.07) is 31.9. The standard InChI is InChI=1S/2C21H23.C2H7Si.2ClH.Ti/c2*1-14(2)17-10-19-11-18(16-8-6-5-7-9-16)13-21(19)20(12-17)15(3)4;1-3-2;;;/h2*5-15H,1-4H3;3H,1-2H3;2*1H;/q;;;;;+2/p-2. The van der Waals surface area contributed by atoms with E-state index in [9.17, 15) is 0 Å². The Bertz CT molecular complexity index is 1760. The zero-order chi connectivity index (χ0) is 34.7. The molecule has 2 atom stereocenters. The molecule has 0 radical (unpaired) electrons. The van der Waals surface area contributed by atoms with Gasteiger partial charge in [-0.15, -0.1) is 0 Å². The quantitative estimate of drug-likeness (QED) is 0.151. The average Bonchev–Trinajstić information content (AvgIpc) is 3.65. The van der Waals surface area contributed by atoms with Gasteiger partial charge in [0.25, 0.3) is 0 Å². The predicted molar refractivity (Wildman–Crippen MR) is 214 cm³/mol. The summed E-state index contributed by atoms with van der Waals surface area (Å²) in [4.78, 5) is 0. The molecule has 0 fully saturated rings. The first-order valence-electron chi connectivity index (χ1n) is 18.1. The van der Waals surface area contributed by atoms with Crippen molar-refractivity contribution >= 4 is 48.6 Å². The summed E-state index contributed by atoms with van der Waals surface area (Å²) in [6.45, 7) is 21.7. The molecule has 251 valence electrons. The molecular weight excluding hydrogens is 675 g/mol. The molecule has 0 aliphatic heterocycles. The Hall–Kier alpha value is -2.13. The van der Waals surface area contributed by atoms with Crippen LogP contribution in [-0.4, -0.2) is 6.66 Å². The van der Waals surface area contributed by atoms with E-state index in [2.05, 4.69) is 166 Å². The number of halogens is 2. The van der Waals surface area contributed by atoms with Crippen LogP contribution in [0.5, 0.6) is 0 Å². The van der Waals surface area contributed by atoms with E-state index in [0.29, 0.717) is 23.7 Å². The van der Waals surface area contributed by atoms with Gasteiger partial charge in [0.2, 0.25) is 0 Å². The summed E-state index contributed by atoms with van der Waals surface area (Å²) >= 11 is -4.81. The summed E-state index contributed by atoms with van der Waals surface area (Å²) in [7, 11) is 17.9. The van der Waals surface area contributed by atoms with Crippen molar-refractivity contribution in [1.82, 2.24) is 0 Å². The molecule has 4 aromatic rings. The molecule has 0 amide bonds. The van der Waals surface area contributed by atoms with Gasteiger partial charge in [0.15, 0.2) is 0 Å². The molecule has 4 aromatic carbocycles. The van der Waals surface area contributed by atoms with E-state index >= 15 is 0 Å². The summed E-state index contributed by atoms with van der Waals surface area (Å²) < 4.78 is -0.0577. The first-order valence-corrected chi connectivity index (χ1v) is 29.8. The van der Waals surface area contributed by atoms with Gasteiger partial charge in [-0.1, -0.05) is 0 Å². The van der Waals surface area contributed by atoms with E-state index in [0.717, 1.165) is 0 Å². The third-order valence-electron chi connectivity index (χ3n) is 11.4. The van der Waals surface area contributed by atoms with Crippen molar-refractivity contribution in [1.29, 1.82) is 0 Å². The van der Waals surface area contributed by atoms with Crippen molar-refractivity contribution in [3.63, 3.8) is 0 Å². The second-order valence-corrected chi connectivity index (χ2v) is 45.3. The first-order chi connectivity index (χ1) is 22.6. The molecule has 2 aliphatic carbocycles. The topological polar surface area (TPSA) is 0 Å². The second-order valence-electron chi connectivity index (χ2n) is 16.0. The monoisotopic (exact) mass is 727 g/mol. The van der Waals surface area contributed by atoms with Crippen molar-refractivity contribution in [2.24, 2.45) is 0 Å². The zero-order valence-electron chi connectivity index (χ0n) is 30.5. The van der Waals surface area contributed by atoms with E-state index in [4.69, 9.17) is 18.6 Å². The Kier molecular flexibility index (Phi) is 9.82. The van der Waals surface area contributed by atoms with Gasteiger partial charge >= 0.3 is 302 Å². The van der Waals surface area contributed by atoms with Crippen molar-refractivity contribution < 1.29 is 12.4 Å². The van der Waals surface area contributed by atoms with Crippen LogP contribution >= 0.6 is 18.6 Å². The Balaban J connectivity index is 1.75. The Morgan fingerprint density at radius 1 is 0.521 bits per heavy atom. The van der Waals surface area contributed by atoms with E-state index in [1.807, 2.05) is 0 Å². The molecule has 6 rings (SSSR count). The fourth-order valence-electron chi connectivity index (χ4n) is 8.47. The zero-order valence-corrected chi connectivity index (χ0v) is 34.8. The number of allylic oxidation sites excluding steroid dienone is 2. The van der Waals surface area contributed by atoms with Crippen molar-refractivity contribution in [3.05, 3.63) is 141 Å². The van der Waals surface area contributed by atoms with Gasteiger partial charge in [-0.05, 0) is 0 Å². The van der Waals surface area contributed by atoms with E-state index in [1.165, 1.54) is 66.8 Å². The summed E-state index contributed by atoms with van der Waals surface area (Å²) in [5.74, 6) is 1.59. The van der Waals surface area contributed by atoms with Crippen molar-refractivity contribution in [2.45, 2.75) is 101 Å². The van der Waals surface area contributed by atoms with Crippen LogP contribution in [0, 0.1) is 0 Å². The molecule has 48 heavy (non-hydrogen) atoms. The summed E-state index contributed by atoms with van der Waals surface area (Å²) in [6.07, 6.45) is 4.98. The van der Waals surface area contributed by atoms with Gasteiger partial charge in [-0.2, -0.15) is 0 Å². The van der Waals surface area contributed by atoms with Gasteiger partial charge < -0.3 is 0 Å². The maximum absolute atomic E-state index is 8.95. The van der Waals surface area contributed by atoms with Crippen LogP contribution in [0.3, 0.4) is 0 Å². The van der Waals surface area contributed by atoms with Crippen LogP contribution in [0.2, 0.25) is 13.1 Å². The van der Waals surface area contributed by atoms with Crippen LogP contribution < -0.4 is 0 Å². The fourth-order valence-corrected chi connectivity index (χ4v) is 28.7. The number of hydrogen-bond donors (Lipinski definition) is 0. The van der Waals surface area contributed by atoms with Crippen LogP contribution in [0.4, 0.5) is 0 Å². The molecule has 0 saturated heterocycles. The average molecular weight is 729 g/mol. The third kappa shape index (κ3) is 5.80. The number of fused-ring (bicyclic) bond motifs is 2. The summed E-state index contributed by atoms with van der Waals surface area (Å²) in [5, 5.41) is 0. The molecule has 4 heteroatoms. The molecule has 0 bridgehead atoms. The molecule has 2 unspecified atom stereocenters. The van der Waals surface area contributed by atoms with Gasteiger partial charge in [0, 0.05) is 0 Å². The second kappa shape index (κ2) is 13.2. The first kappa shape index (κ1) is 35.7. The van der Waals surface area contributed by atoms with Crippen LogP contribution in [0.15, 0.2) is 84.9 Å². The number of rotatable bonds is 9. The molecule has 0 aromatic heterocycles. The van der Waals surface area contributed by atoms with Crippen LogP contribution in [0.1, 0.15) is 143 Å². The molecule has 2 aliphatic rings. The Morgan fingerprint density at radius 3 is 1.17 bits per heavy atom. The SMILES string of the molecule is CC(C)c1cc(C(C)C)c2c(c1)[CH]([Ti]([Cl])([Cl])([CH]1C(c3ccccc3)=Cc3c(C(C)C)cc(C(C)C)cc31)[SiH](C)C)C(c1ccccc1)=C2. The normalized spacial score (nSPS) is 18.4. The molecule has 0 saturated carbocycles. The molecule has 0 spiro atoms.